The van der Waals surface area contributed by atoms with Crippen LogP contribution in [0, 0.1) is 5.82 Å². The molecule has 2 aromatic heterocycles. The fourth-order valence-corrected chi connectivity index (χ4v) is 2.31. The summed E-state index contributed by atoms with van der Waals surface area (Å²) in [6, 6.07) is 14.2. The van der Waals surface area contributed by atoms with Crippen LogP contribution in [0.15, 0.2) is 54.9 Å². The second-order valence-electron chi connectivity index (χ2n) is 4.46. The minimum absolute atomic E-state index is 0.324. The van der Waals surface area contributed by atoms with E-state index in [-0.39, 0.29) is 5.82 Å². The first-order valence-electron chi connectivity index (χ1n) is 6.18. The Balaban J connectivity index is 2.08. The lowest BCUT2D eigenvalue weighted by atomic mass is 10.2. The zero-order valence-corrected chi connectivity index (χ0v) is 10.4. The van der Waals surface area contributed by atoms with E-state index in [1.54, 1.807) is 28.9 Å². The van der Waals surface area contributed by atoms with Gasteiger partial charge in [-0.3, -0.25) is 4.40 Å². The molecule has 0 fully saturated rings. The number of aromatic nitrogens is 4. The molecule has 0 unspecified atom stereocenters. The predicted octanol–water partition coefficient (Wildman–Crippen LogP) is 3.08. The normalized spacial score (nSPS) is 11.2. The molecule has 4 aromatic rings. The van der Waals surface area contributed by atoms with Gasteiger partial charge in [-0.2, -0.15) is 0 Å². The molecule has 5 heteroatoms. The van der Waals surface area contributed by atoms with Gasteiger partial charge < -0.3 is 0 Å². The van der Waals surface area contributed by atoms with E-state index in [1.807, 2.05) is 24.3 Å². The molecule has 4 rings (SSSR count). The Kier molecular flexibility index (Phi) is 2.26. The van der Waals surface area contributed by atoms with Crippen LogP contribution >= 0.6 is 0 Å². The summed E-state index contributed by atoms with van der Waals surface area (Å²) in [6.45, 7) is 0. The Morgan fingerprint density at radius 3 is 2.60 bits per heavy atom. The standard InChI is InChI=1S/C15H9FN4/c16-12-7-3-1-5-10(12)14-18-19-15-11-6-2-4-8-13(11)17-9-20(14)15/h1-9H. The van der Waals surface area contributed by atoms with Gasteiger partial charge in [0.1, 0.15) is 12.1 Å². The maximum absolute atomic E-state index is 13.9. The Morgan fingerprint density at radius 1 is 0.900 bits per heavy atom. The van der Waals surface area contributed by atoms with Crippen LogP contribution in [-0.2, 0) is 0 Å². The molecular weight excluding hydrogens is 255 g/mol. The van der Waals surface area contributed by atoms with Crippen molar-refractivity contribution in [3.63, 3.8) is 0 Å². The lowest BCUT2D eigenvalue weighted by molar-refractivity contribution is 0.629. The van der Waals surface area contributed by atoms with Gasteiger partial charge in [0, 0.05) is 5.39 Å². The summed E-state index contributed by atoms with van der Waals surface area (Å²) < 4.78 is 15.6. The van der Waals surface area contributed by atoms with Crippen molar-refractivity contribution in [2.45, 2.75) is 0 Å². The molecule has 0 aliphatic carbocycles. The van der Waals surface area contributed by atoms with Crippen LogP contribution in [-0.4, -0.2) is 19.6 Å². The van der Waals surface area contributed by atoms with Gasteiger partial charge in [0.15, 0.2) is 11.5 Å². The van der Waals surface area contributed by atoms with Crippen molar-refractivity contribution >= 4 is 16.6 Å². The Hall–Kier alpha value is -2.82. The zero-order chi connectivity index (χ0) is 13.5. The largest absolute Gasteiger partial charge is 0.265 e. The number of hydrogen-bond donors (Lipinski definition) is 0. The van der Waals surface area contributed by atoms with Gasteiger partial charge in [0.25, 0.3) is 0 Å². The highest BCUT2D eigenvalue weighted by atomic mass is 19.1. The Bertz CT molecular complexity index is 929. The molecule has 0 atom stereocenters. The smallest absolute Gasteiger partial charge is 0.172 e. The summed E-state index contributed by atoms with van der Waals surface area (Å²) in [5, 5.41) is 9.17. The van der Waals surface area contributed by atoms with Crippen molar-refractivity contribution in [1.82, 2.24) is 19.6 Å². The van der Waals surface area contributed by atoms with Gasteiger partial charge in [-0.25, -0.2) is 9.37 Å². The van der Waals surface area contributed by atoms with Crippen LogP contribution in [0.3, 0.4) is 0 Å². The van der Waals surface area contributed by atoms with Crippen LogP contribution in [0.5, 0.6) is 0 Å². The van der Waals surface area contributed by atoms with E-state index in [1.165, 1.54) is 6.07 Å². The average molecular weight is 264 g/mol. The Morgan fingerprint density at radius 2 is 1.70 bits per heavy atom. The van der Waals surface area contributed by atoms with Crippen LogP contribution in [0.2, 0.25) is 0 Å². The van der Waals surface area contributed by atoms with Gasteiger partial charge in [0.2, 0.25) is 0 Å². The first-order valence-corrected chi connectivity index (χ1v) is 6.18. The lowest BCUT2D eigenvalue weighted by Crippen LogP contribution is -1.94. The maximum Gasteiger partial charge on any atom is 0.172 e. The van der Waals surface area contributed by atoms with Gasteiger partial charge in [-0.15, -0.1) is 10.2 Å². The van der Waals surface area contributed by atoms with Crippen molar-refractivity contribution in [3.8, 4) is 11.4 Å². The van der Waals surface area contributed by atoms with Crippen molar-refractivity contribution in [2.75, 3.05) is 0 Å². The molecule has 0 aliphatic rings. The molecule has 0 aliphatic heterocycles. The molecule has 2 aromatic carbocycles. The van der Waals surface area contributed by atoms with Crippen LogP contribution < -0.4 is 0 Å². The minimum atomic E-state index is -0.324. The van der Waals surface area contributed by atoms with Crippen molar-refractivity contribution < 1.29 is 4.39 Å². The highest BCUT2D eigenvalue weighted by molar-refractivity contribution is 5.91. The van der Waals surface area contributed by atoms with E-state index in [4.69, 9.17) is 0 Å². The molecule has 20 heavy (non-hydrogen) atoms. The fourth-order valence-electron chi connectivity index (χ4n) is 2.31. The molecule has 0 spiro atoms. The second-order valence-corrected chi connectivity index (χ2v) is 4.46. The number of benzene rings is 2. The molecule has 4 nitrogen and oxygen atoms in total. The second kappa shape index (κ2) is 4.09. The van der Waals surface area contributed by atoms with Crippen molar-refractivity contribution in [3.05, 3.63) is 60.7 Å². The molecule has 2 heterocycles. The summed E-state index contributed by atoms with van der Waals surface area (Å²) >= 11 is 0. The number of para-hydroxylation sites is 1. The first kappa shape index (κ1) is 11.0. The van der Waals surface area contributed by atoms with Gasteiger partial charge in [0.05, 0.1) is 11.1 Å². The summed E-state index contributed by atoms with van der Waals surface area (Å²) in [4.78, 5) is 4.36. The SMILES string of the molecule is Fc1ccccc1-c1nnc2c3ccccc3ncn12. The van der Waals surface area contributed by atoms with E-state index >= 15 is 0 Å². The van der Waals surface area contributed by atoms with Crippen molar-refractivity contribution in [1.29, 1.82) is 0 Å². The third-order valence-corrected chi connectivity index (χ3v) is 3.27. The molecule has 0 radical (unpaired) electrons. The summed E-state index contributed by atoms with van der Waals surface area (Å²) in [6.07, 6.45) is 1.62. The van der Waals surface area contributed by atoms with E-state index in [2.05, 4.69) is 15.2 Å². The molecule has 0 saturated carbocycles. The van der Waals surface area contributed by atoms with Crippen LogP contribution in [0.4, 0.5) is 4.39 Å². The summed E-state index contributed by atoms with van der Waals surface area (Å²) in [5.41, 5.74) is 1.93. The number of hydrogen-bond acceptors (Lipinski definition) is 3. The lowest BCUT2D eigenvalue weighted by Gasteiger charge is -2.02. The summed E-state index contributed by atoms with van der Waals surface area (Å²) in [7, 11) is 0. The predicted molar refractivity (Wildman–Crippen MR) is 73.7 cm³/mol. The average Bonchev–Trinajstić information content (AvgIpc) is 2.92. The van der Waals surface area contributed by atoms with Gasteiger partial charge >= 0.3 is 0 Å². The zero-order valence-electron chi connectivity index (χ0n) is 10.4. The third kappa shape index (κ3) is 1.50. The number of rotatable bonds is 1. The highest BCUT2D eigenvalue weighted by Gasteiger charge is 2.13. The van der Waals surface area contributed by atoms with E-state index in [0.29, 0.717) is 17.0 Å². The first-order chi connectivity index (χ1) is 9.84. The molecule has 96 valence electrons. The molecule has 0 saturated heterocycles. The Labute approximate surface area is 113 Å². The summed E-state index contributed by atoms with van der Waals surface area (Å²) in [5.74, 6) is 0.131. The van der Waals surface area contributed by atoms with E-state index in [9.17, 15) is 4.39 Å². The minimum Gasteiger partial charge on any atom is -0.265 e. The monoisotopic (exact) mass is 264 g/mol. The fraction of sp³-hybridized carbons (Fsp3) is 0. The quantitative estimate of drug-likeness (QED) is 0.530. The number of nitrogens with zero attached hydrogens (tertiary/aromatic N) is 4. The molecular formula is C15H9FN4. The molecule has 0 amide bonds. The maximum atomic E-state index is 13.9. The highest BCUT2D eigenvalue weighted by Crippen LogP contribution is 2.24. The number of fused-ring (bicyclic) bond motifs is 3. The topological polar surface area (TPSA) is 43.1 Å². The third-order valence-electron chi connectivity index (χ3n) is 3.27. The van der Waals surface area contributed by atoms with Crippen LogP contribution in [0.25, 0.3) is 27.9 Å². The molecule has 0 bridgehead atoms. The van der Waals surface area contributed by atoms with E-state index in [0.717, 1.165) is 10.9 Å². The van der Waals surface area contributed by atoms with Gasteiger partial charge in [-0.1, -0.05) is 24.3 Å². The van der Waals surface area contributed by atoms with Crippen LogP contribution in [0.1, 0.15) is 0 Å². The van der Waals surface area contributed by atoms with E-state index < -0.39 is 0 Å². The van der Waals surface area contributed by atoms with Gasteiger partial charge in [-0.05, 0) is 24.3 Å². The molecule has 0 N–H and O–H groups in total. The van der Waals surface area contributed by atoms with Crippen molar-refractivity contribution in [2.24, 2.45) is 0 Å². The number of halogens is 1.